The third-order valence-electron chi connectivity index (χ3n) is 4.75. The predicted octanol–water partition coefficient (Wildman–Crippen LogP) is 2.85. The molecule has 0 amide bonds. The Kier molecular flexibility index (Phi) is 5.23. The molecule has 0 saturated carbocycles. The molecule has 0 saturated heterocycles. The maximum absolute atomic E-state index is 13.2. The summed E-state index contributed by atoms with van der Waals surface area (Å²) in [5, 5.41) is 0. The number of benzene rings is 2. The topological polar surface area (TPSA) is 78.9 Å². The first-order valence-corrected chi connectivity index (χ1v) is 11.1. The highest BCUT2D eigenvalue weighted by atomic mass is 31.1. The van der Waals surface area contributed by atoms with Crippen LogP contribution in [0.3, 0.4) is 0 Å². The number of rotatable bonds is 6. The summed E-state index contributed by atoms with van der Waals surface area (Å²) >= 11 is 0. The molecule has 1 unspecified atom stereocenters. The number of hydrogen-bond donors (Lipinski definition) is 0. The van der Waals surface area contributed by atoms with Gasteiger partial charge in [0.25, 0.3) is 5.56 Å². The molecule has 1 atom stereocenters. The van der Waals surface area contributed by atoms with E-state index in [1.807, 2.05) is 48.5 Å². The van der Waals surface area contributed by atoms with E-state index in [-0.39, 0.29) is 12.7 Å². The number of nitrogens with zero attached hydrogens (tertiary/aromatic N) is 4. The van der Waals surface area contributed by atoms with Gasteiger partial charge in [-0.3, -0.25) is 9.36 Å². The minimum atomic E-state index is -1.47. The zero-order valence-electron chi connectivity index (χ0n) is 15.9. The number of imidazole rings is 1. The smallest absolute Gasteiger partial charge is 0.320 e. The molecule has 2 heterocycles. The van der Waals surface area contributed by atoms with Gasteiger partial charge in [-0.15, -0.1) is 0 Å². The molecule has 29 heavy (non-hydrogen) atoms. The highest BCUT2D eigenvalue weighted by Crippen LogP contribution is 2.16. The molecule has 4 aromatic rings. The summed E-state index contributed by atoms with van der Waals surface area (Å²) in [4.78, 5) is 30.8. The van der Waals surface area contributed by atoms with E-state index in [0.717, 1.165) is 10.1 Å². The van der Waals surface area contributed by atoms with E-state index in [4.69, 9.17) is 0 Å². The Hall–Kier alpha value is -3.31. The summed E-state index contributed by atoms with van der Waals surface area (Å²) in [6.45, 7) is 2.15. The molecule has 0 N–H and O–H groups in total. The number of aromatic nitrogens is 4. The molecular weight excluding hydrogens is 387 g/mol. The van der Waals surface area contributed by atoms with E-state index in [1.54, 1.807) is 29.7 Å². The second-order valence-electron chi connectivity index (χ2n) is 6.79. The van der Waals surface area contributed by atoms with Gasteiger partial charge in [0.15, 0.2) is 17.3 Å². The van der Waals surface area contributed by atoms with E-state index in [1.165, 1.54) is 4.57 Å². The lowest BCUT2D eigenvalue weighted by atomic mass is 10.2. The Morgan fingerprint density at radius 2 is 1.62 bits per heavy atom. The Morgan fingerprint density at radius 3 is 2.28 bits per heavy atom. The van der Waals surface area contributed by atoms with Crippen LogP contribution in [0.5, 0.6) is 0 Å². The summed E-state index contributed by atoms with van der Waals surface area (Å²) in [5.41, 5.74) is 1.43. The van der Waals surface area contributed by atoms with Crippen LogP contribution in [0.25, 0.3) is 16.9 Å². The molecule has 4 rings (SSSR count). The SMILES string of the molecule is C[P+](=O)CCn1c(=O)c2c(ncn2Cc2ccccc2)n(-c2ccccc2)c1=O. The molecule has 2 aromatic carbocycles. The summed E-state index contributed by atoms with van der Waals surface area (Å²) in [5.74, 6) is 0. The van der Waals surface area contributed by atoms with Crippen LogP contribution >= 0.6 is 7.80 Å². The van der Waals surface area contributed by atoms with Crippen molar-refractivity contribution < 1.29 is 4.57 Å². The van der Waals surface area contributed by atoms with Crippen LogP contribution in [0, 0.1) is 0 Å². The van der Waals surface area contributed by atoms with Gasteiger partial charge in [-0.05, 0) is 17.7 Å². The van der Waals surface area contributed by atoms with Crippen LogP contribution < -0.4 is 11.2 Å². The summed E-state index contributed by atoms with van der Waals surface area (Å²) in [6, 6.07) is 18.9. The van der Waals surface area contributed by atoms with E-state index in [0.29, 0.717) is 23.4 Å². The van der Waals surface area contributed by atoms with Gasteiger partial charge in [0, 0.05) is 6.54 Å². The maximum Gasteiger partial charge on any atom is 0.337 e. The number of para-hydroxylation sites is 1. The first kappa shape index (κ1) is 19.0. The zero-order valence-corrected chi connectivity index (χ0v) is 16.8. The quantitative estimate of drug-likeness (QED) is 0.461. The van der Waals surface area contributed by atoms with Crippen molar-refractivity contribution in [1.29, 1.82) is 0 Å². The van der Waals surface area contributed by atoms with Crippen LogP contribution in [0.4, 0.5) is 0 Å². The van der Waals surface area contributed by atoms with Gasteiger partial charge in [-0.25, -0.2) is 14.3 Å². The summed E-state index contributed by atoms with van der Waals surface area (Å²) in [6.07, 6.45) is 1.85. The van der Waals surface area contributed by atoms with E-state index < -0.39 is 19.1 Å². The third-order valence-corrected chi connectivity index (χ3v) is 5.58. The van der Waals surface area contributed by atoms with E-state index in [9.17, 15) is 14.2 Å². The van der Waals surface area contributed by atoms with Gasteiger partial charge >= 0.3 is 13.5 Å². The lowest BCUT2D eigenvalue weighted by Crippen LogP contribution is -2.40. The third kappa shape index (κ3) is 3.69. The van der Waals surface area contributed by atoms with Crippen molar-refractivity contribution in [3.05, 3.63) is 93.4 Å². The molecule has 0 bridgehead atoms. The van der Waals surface area contributed by atoms with Crippen LogP contribution in [-0.2, 0) is 17.7 Å². The summed E-state index contributed by atoms with van der Waals surface area (Å²) in [7, 11) is -1.47. The molecule has 0 aliphatic rings. The molecule has 2 aromatic heterocycles. The van der Waals surface area contributed by atoms with Gasteiger partial charge in [0.2, 0.25) is 0 Å². The fraction of sp³-hybridized carbons (Fsp3) is 0.190. The fourth-order valence-electron chi connectivity index (χ4n) is 3.33. The van der Waals surface area contributed by atoms with Gasteiger partial charge < -0.3 is 4.57 Å². The van der Waals surface area contributed by atoms with E-state index >= 15 is 0 Å². The summed E-state index contributed by atoms with van der Waals surface area (Å²) < 4.78 is 16.0. The second kappa shape index (κ2) is 7.97. The molecule has 0 spiro atoms. The Bertz CT molecular complexity index is 1290. The average molecular weight is 407 g/mol. The Morgan fingerprint density at radius 1 is 0.966 bits per heavy atom. The van der Waals surface area contributed by atoms with Crippen molar-refractivity contribution in [1.82, 2.24) is 18.7 Å². The second-order valence-corrected chi connectivity index (χ2v) is 8.50. The highest BCUT2D eigenvalue weighted by Gasteiger charge is 2.20. The zero-order chi connectivity index (χ0) is 20.4. The molecule has 0 aliphatic heterocycles. The van der Waals surface area contributed by atoms with Crippen molar-refractivity contribution in [3.63, 3.8) is 0 Å². The van der Waals surface area contributed by atoms with E-state index in [2.05, 4.69) is 4.98 Å². The Labute approximate surface area is 167 Å². The van der Waals surface area contributed by atoms with Gasteiger partial charge in [-0.2, -0.15) is 0 Å². The molecule has 8 heteroatoms. The lowest BCUT2D eigenvalue weighted by molar-refractivity contribution is 0.582. The normalized spacial score (nSPS) is 11.7. The minimum Gasteiger partial charge on any atom is -0.320 e. The first-order chi connectivity index (χ1) is 14.1. The molecule has 7 nitrogen and oxygen atoms in total. The average Bonchev–Trinajstić information content (AvgIpc) is 3.12. The van der Waals surface area contributed by atoms with Crippen LogP contribution in [0.1, 0.15) is 5.56 Å². The standard InChI is InChI=1S/C21H20N4O3P/c1-29(28)13-12-24-20(26)18-19(25(21(24)27)17-10-6-3-7-11-17)22-15-23(18)14-16-8-4-2-5-9-16/h2-11,15H,12-14H2,1H3/q+1. The van der Waals surface area contributed by atoms with Crippen LogP contribution in [-0.4, -0.2) is 31.5 Å². The maximum atomic E-state index is 13.2. The van der Waals surface area contributed by atoms with Crippen LogP contribution in [0.2, 0.25) is 0 Å². The van der Waals surface area contributed by atoms with Crippen molar-refractivity contribution in [2.24, 2.45) is 0 Å². The van der Waals surface area contributed by atoms with Crippen molar-refractivity contribution in [2.75, 3.05) is 12.8 Å². The first-order valence-electron chi connectivity index (χ1n) is 9.24. The van der Waals surface area contributed by atoms with Gasteiger partial charge in [0.1, 0.15) is 6.66 Å². The number of fused-ring (bicyclic) bond motifs is 1. The van der Waals surface area contributed by atoms with Gasteiger partial charge in [0.05, 0.1) is 18.6 Å². The number of hydrogen-bond acceptors (Lipinski definition) is 4. The Balaban J connectivity index is 1.97. The van der Waals surface area contributed by atoms with Crippen molar-refractivity contribution >= 4 is 19.0 Å². The highest BCUT2D eigenvalue weighted by molar-refractivity contribution is 7.43. The van der Waals surface area contributed by atoms with Gasteiger partial charge in [-0.1, -0.05) is 53.1 Å². The fourth-order valence-corrected chi connectivity index (χ4v) is 3.81. The molecule has 146 valence electrons. The van der Waals surface area contributed by atoms with Crippen molar-refractivity contribution in [2.45, 2.75) is 13.1 Å². The van der Waals surface area contributed by atoms with Crippen molar-refractivity contribution in [3.8, 4) is 5.69 Å². The molecule has 0 radical (unpaired) electrons. The molecule has 0 aliphatic carbocycles. The molecular formula is C21H20N4O3P+. The predicted molar refractivity (Wildman–Crippen MR) is 114 cm³/mol. The monoisotopic (exact) mass is 407 g/mol. The van der Waals surface area contributed by atoms with Crippen LogP contribution in [0.15, 0.2) is 76.6 Å². The molecule has 0 fully saturated rings. The minimum absolute atomic E-state index is 0.0999. The largest absolute Gasteiger partial charge is 0.337 e. The lowest BCUT2D eigenvalue weighted by Gasteiger charge is -2.11.